The summed E-state index contributed by atoms with van der Waals surface area (Å²) in [6.07, 6.45) is 3.54. The van der Waals surface area contributed by atoms with E-state index < -0.39 is 6.10 Å². The fourth-order valence-corrected chi connectivity index (χ4v) is 4.36. The lowest BCUT2D eigenvalue weighted by molar-refractivity contribution is -0.0756. The van der Waals surface area contributed by atoms with Crippen LogP contribution in [0.3, 0.4) is 0 Å². The van der Waals surface area contributed by atoms with E-state index >= 15 is 0 Å². The molecule has 0 aliphatic heterocycles. The predicted molar refractivity (Wildman–Crippen MR) is 80.4 cm³/mol. The number of fused-ring (bicyclic) bond motifs is 2. The highest BCUT2D eigenvalue weighted by Gasteiger charge is 2.61. The summed E-state index contributed by atoms with van der Waals surface area (Å²) in [4.78, 5) is 0. The normalized spacial score (nSPS) is 36.2. The first-order chi connectivity index (χ1) is 9.45. The van der Waals surface area contributed by atoms with E-state index in [0.29, 0.717) is 18.1 Å². The van der Waals surface area contributed by atoms with Crippen LogP contribution in [-0.4, -0.2) is 17.8 Å². The van der Waals surface area contributed by atoms with Gasteiger partial charge >= 0.3 is 0 Å². The molecular weight excluding hydrogens is 248 g/mol. The van der Waals surface area contributed by atoms with Crippen molar-refractivity contribution < 1.29 is 9.84 Å². The van der Waals surface area contributed by atoms with Gasteiger partial charge in [0, 0.05) is 0 Å². The molecular formula is C18H26O2. The van der Waals surface area contributed by atoms with Crippen LogP contribution in [-0.2, 0) is 4.74 Å². The molecule has 1 aromatic carbocycles. The quantitative estimate of drug-likeness (QED) is 0.900. The van der Waals surface area contributed by atoms with Crippen molar-refractivity contribution in [3.8, 4) is 0 Å². The van der Waals surface area contributed by atoms with Gasteiger partial charge in [-0.1, -0.05) is 51.1 Å². The van der Waals surface area contributed by atoms with Crippen LogP contribution < -0.4 is 0 Å². The summed E-state index contributed by atoms with van der Waals surface area (Å²) in [6.45, 7) is 7.57. The van der Waals surface area contributed by atoms with Crippen molar-refractivity contribution in [2.24, 2.45) is 16.7 Å². The molecule has 2 nitrogen and oxygen atoms in total. The number of aliphatic hydroxyl groups excluding tert-OH is 1. The Labute approximate surface area is 122 Å². The Morgan fingerprint density at radius 2 is 1.95 bits per heavy atom. The van der Waals surface area contributed by atoms with Crippen molar-refractivity contribution in [1.82, 2.24) is 0 Å². The van der Waals surface area contributed by atoms with Gasteiger partial charge in [-0.25, -0.2) is 0 Å². The number of hydrogen-bond donors (Lipinski definition) is 1. The third-order valence-electron chi connectivity index (χ3n) is 6.35. The number of benzene rings is 1. The molecule has 0 spiro atoms. The van der Waals surface area contributed by atoms with Crippen LogP contribution >= 0.6 is 0 Å². The number of ether oxygens (including phenoxy) is 1. The molecule has 0 amide bonds. The molecule has 20 heavy (non-hydrogen) atoms. The predicted octanol–water partition coefficient (Wildman–Crippen LogP) is 3.95. The Kier molecular flexibility index (Phi) is 3.42. The van der Waals surface area contributed by atoms with Crippen LogP contribution in [0, 0.1) is 16.7 Å². The lowest BCUT2D eigenvalue weighted by atomic mass is 9.70. The summed E-state index contributed by atoms with van der Waals surface area (Å²) in [5.41, 5.74) is 1.59. The lowest BCUT2D eigenvalue weighted by Crippen LogP contribution is -2.37. The average Bonchev–Trinajstić information content (AvgIpc) is 2.78. The fraction of sp³-hybridized carbons (Fsp3) is 0.667. The number of hydrogen-bond acceptors (Lipinski definition) is 2. The van der Waals surface area contributed by atoms with E-state index in [4.69, 9.17) is 4.74 Å². The molecule has 0 aromatic heterocycles. The molecule has 2 saturated carbocycles. The zero-order chi connectivity index (χ0) is 14.4. The topological polar surface area (TPSA) is 29.5 Å². The SMILES string of the molecule is CC1(C)C2CCC1(C)C(OCC(O)c1ccccc1)C2. The van der Waals surface area contributed by atoms with Crippen LogP contribution in [0.4, 0.5) is 0 Å². The highest BCUT2D eigenvalue weighted by atomic mass is 16.5. The minimum Gasteiger partial charge on any atom is -0.386 e. The van der Waals surface area contributed by atoms with Crippen LogP contribution in [0.25, 0.3) is 0 Å². The molecule has 2 heteroatoms. The van der Waals surface area contributed by atoms with E-state index in [1.54, 1.807) is 0 Å². The van der Waals surface area contributed by atoms with Gasteiger partial charge in [0.1, 0.15) is 6.10 Å². The van der Waals surface area contributed by atoms with Crippen molar-refractivity contribution in [3.63, 3.8) is 0 Å². The van der Waals surface area contributed by atoms with Crippen LogP contribution in [0.5, 0.6) is 0 Å². The molecule has 1 N–H and O–H groups in total. The highest BCUT2D eigenvalue weighted by Crippen LogP contribution is 2.66. The summed E-state index contributed by atoms with van der Waals surface area (Å²) in [5, 5.41) is 10.2. The summed E-state index contributed by atoms with van der Waals surface area (Å²) in [5.74, 6) is 0.784. The Bertz CT molecular complexity index is 468. The smallest absolute Gasteiger partial charge is 0.102 e. The molecule has 2 aliphatic rings. The fourth-order valence-electron chi connectivity index (χ4n) is 4.36. The highest BCUT2D eigenvalue weighted by molar-refractivity contribution is 5.17. The van der Waals surface area contributed by atoms with Crippen molar-refractivity contribution in [1.29, 1.82) is 0 Å². The van der Waals surface area contributed by atoms with E-state index in [-0.39, 0.29) is 5.41 Å². The lowest BCUT2D eigenvalue weighted by Gasteiger charge is -2.39. The van der Waals surface area contributed by atoms with Gasteiger partial charge in [-0.15, -0.1) is 0 Å². The van der Waals surface area contributed by atoms with Gasteiger partial charge < -0.3 is 9.84 Å². The standard InChI is InChI=1S/C18H26O2/c1-17(2)14-9-10-18(17,3)16(11-14)20-12-15(19)13-7-5-4-6-8-13/h4-8,14-16,19H,9-12H2,1-3H3. The van der Waals surface area contributed by atoms with Crippen molar-refractivity contribution in [2.75, 3.05) is 6.61 Å². The minimum atomic E-state index is -0.512. The summed E-state index contributed by atoms with van der Waals surface area (Å²) in [7, 11) is 0. The first-order valence-electron chi connectivity index (χ1n) is 7.80. The molecule has 2 fully saturated rings. The van der Waals surface area contributed by atoms with Crippen LogP contribution in [0.15, 0.2) is 30.3 Å². The van der Waals surface area contributed by atoms with E-state index in [2.05, 4.69) is 20.8 Å². The second-order valence-electron chi connectivity index (χ2n) is 7.36. The molecule has 4 atom stereocenters. The molecule has 0 saturated heterocycles. The van der Waals surface area contributed by atoms with Crippen molar-refractivity contribution in [3.05, 3.63) is 35.9 Å². The van der Waals surface area contributed by atoms with Crippen LogP contribution in [0.2, 0.25) is 0 Å². The van der Waals surface area contributed by atoms with Gasteiger partial charge in [0.05, 0.1) is 12.7 Å². The van der Waals surface area contributed by atoms with Gasteiger partial charge in [-0.05, 0) is 41.6 Å². The third-order valence-corrected chi connectivity index (χ3v) is 6.35. The number of rotatable bonds is 4. The maximum Gasteiger partial charge on any atom is 0.102 e. The largest absolute Gasteiger partial charge is 0.386 e. The summed E-state index contributed by atoms with van der Waals surface area (Å²) in [6, 6.07) is 9.80. The zero-order valence-electron chi connectivity index (χ0n) is 12.8. The molecule has 110 valence electrons. The molecule has 3 rings (SSSR count). The number of aliphatic hydroxyl groups is 1. The monoisotopic (exact) mass is 274 g/mol. The van der Waals surface area contributed by atoms with Gasteiger partial charge in [-0.3, -0.25) is 0 Å². The molecule has 2 aliphatic carbocycles. The molecule has 2 bridgehead atoms. The van der Waals surface area contributed by atoms with Gasteiger partial charge in [0.15, 0.2) is 0 Å². The first-order valence-corrected chi connectivity index (χ1v) is 7.80. The minimum absolute atomic E-state index is 0.272. The third kappa shape index (κ3) is 2.01. The summed E-state index contributed by atoms with van der Waals surface area (Å²) < 4.78 is 6.14. The molecule has 1 aromatic rings. The molecule has 0 radical (unpaired) electrons. The van der Waals surface area contributed by atoms with Crippen LogP contribution in [0.1, 0.15) is 51.7 Å². The second-order valence-corrected chi connectivity index (χ2v) is 7.36. The van der Waals surface area contributed by atoms with Crippen molar-refractivity contribution >= 4 is 0 Å². The Morgan fingerprint density at radius 3 is 2.50 bits per heavy atom. The first kappa shape index (κ1) is 14.1. The van der Waals surface area contributed by atoms with Gasteiger partial charge in [-0.2, -0.15) is 0 Å². The molecule has 4 unspecified atom stereocenters. The second kappa shape index (κ2) is 4.85. The maximum absolute atomic E-state index is 10.2. The molecule has 0 heterocycles. The Morgan fingerprint density at radius 1 is 1.25 bits per heavy atom. The Balaban J connectivity index is 1.63. The maximum atomic E-state index is 10.2. The van der Waals surface area contributed by atoms with E-state index in [0.717, 1.165) is 17.9 Å². The van der Waals surface area contributed by atoms with E-state index in [1.165, 1.54) is 12.8 Å². The van der Waals surface area contributed by atoms with E-state index in [9.17, 15) is 5.11 Å². The van der Waals surface area contributed by atoms with Gasteiger partial charge in [0.2, 0.25) is 0 Å². The van der Waals surface area contributed by atoms with Gasteiger partial charge in [0.25, 0.3) is 0 Å². The summed E-state index contributed by atoms with van der Waals surface area (Å²) >= 11 is 0. The van der Waals surface area contributed by atoms with Crippen molar-refractivity contribution in [2.45, 2.75) is 52.2 Å². The zero-order valence-corrected chi connectivity index (χ0v) is 12.8. The average molecular weight is 274 g/mol. The Hall–Kier alpha value is -0.860. The van der Waals surface area contributed by atoms with E-state index in [1.807, 2.05) is 30.3 Å².